The quantitative estimate of drug-likeness (QED) is 0.851. The Morgan fingerprint density at radius 2 is 1.88 bits per heavy atom. The highest BCUT2D eigenvalue weighted by Gasteiger charge is 2.43. The largest absolute Gasteiger partial charge is 0.493 e. The topological polar surface area (TPSA) is 53.7 Å². The lowest BCUT2D eigenvalue weighted by molar-refractivity contribution is 0.291. The fourth-order valence-electron chi connectivity index (χ4n) is 1.98. The first-order valence-electron chi connectivity index (χ1n) is 5.83. The third-order valence-corrected chi connectivity index (χ3v) is 3.11. The minimum atomic E-state index is -0.246. The standard InChI is InChI=1S/C13H19NO3/c1-4-17-11-9(13(14)7-8-13)5-6-10(15-2)12(11)16-3/h5-6H,4,7-8,14H2,1-3H3. The molecule has 0 heterocycles. The highest BCUT2D eigenvalue weighted by Crippen LogP contribution is 2.51. The molecule has 0 radical (unpaired) electrons. The van der Waals surface area contributed by atoms with Crippen LogP contribution < -0.4 is 19.9 Å². The van der Waals surface area contributed by atoms with Crippen LogP contribution in [0.1, 0.15) is 25.3 Å². The van der Waals surface area contributed by atoms with Crippen molar-refractivity contribution in [3.8, 4) is 17.2 Å². The molecule has 1 aromatic carbocycles. The number of methoxy groups -OCH3 is 2. The van der Waals surface area contributed by atoms with Crippen molar-refractivity contribution >= 4 is 0 Å². The van der Waals surface area contributed by atoms with E-state index in [2.05, 4.69) is 0 Å². The summed E-state index contributed by atoms with van der Waals surface area (Å²) in [7, 11) is 3.23. The van der Waals surface area contributed by atoms with E-state index in [9.17, 15) is 0 Å². The first-order chi connectivity index (χ1) is 8.16. The third kappa shape index (κ3) is 2.05. The van der Waals surface area contributed by atoms with E-state index in [0.717, 1.165) is 18.4 Å². The first kappa shape index (κ1) is 12.0. The van der Waals surface area contributed by atoms with Crippen LogP contribution in [-0.4, -0.2) is 20.8 Å². The van der Waals surface area contributed by atoms with Crippen molar-refractivity contribution in [2.45, 2.75) is 25.3 Å². The number of hydrogen-bond acceptors (Lipinski definition) is 4. The monoisotopic (exact) mass is 237 g/mol. The molecule has 0 spiro atoms. The summed E-state index contributed by atoms with van der Waals surface area (Å²) in [5.74, 6) is 2.02. The molecule has 1 saturated carbocycles. The van der Waals surface area contributed by atoms with Crippen LogP contribution in [0.25, 0.3) is 0 Å². The Morgan fingerprint density at radius 3 is 2.35 bits per heavy atom. The zero-order valence-corrected chi connectivity index (χ0v) is 10.6. The van der Waals surface area contributed by atoms with E-state index < -0.39 is 0 Å². The predicted molar refractivity (Wildman–Crippen MR) is 65.8 cm³/mol. The van der Waals surface area contributed by atoms with Crippen LogP contribution in [0.2, 0.25) is 0 Å². The van der Waals surface area contributed by atoms with Gasteiger partial charge in [0.1, 0.15) is 0 Å². The highest BCUT2D eigenvalue weighted by atomic mass is 16.5. The normalized spacial score (nSPS) is 16.5. The Morgan fingerprint density at radius 1 is 1.18 bits per heavy atom. The second-order valence-corrected chi connectivity index (χ2v) is 4.27. The number of benzene rings is 1. The maximum Gasteiger partial charge on any atom is 0.203 e. The second-order valence-electron chi connectivity index (χ2n) is 4.27. The van der Waals surface area contributed by atoms with Crippen molar-refractivity contribution in [1.82, 2.24) is 0 Å². The highest BCUT2D eigenvalue weighted by molar-refractivity contribution is 5.58. The Labute approximate surface area is 102 Å². The van der Waals surface area contributed by atoms with Gasteiger partial charge in [-0.2, -0.15) is 0 Å². The summed E-state index contributed by atoms with van der Waals surface area (Å²) in [6.07, 6.45) is 1.98. The van der Waals surface area contributed by atoms with E-state index in [1.165, 1.54) is 0 Å². The summed E-state index contributed by atoms with van der Waals surface area (Å²) in [5.41, 5.74) is 7.00. The Kier molecular flexibility index (Phi) is 3.15. The van der Waals surface area contributed by atoms with Gasteiger partial charge in [-0.3, -0.25) is 0 Å². The summed E-state index contributed by atoms with van der Waals surface area (Å²) in [5, 5.41) is 0. The molecule has 2 N–H and O–H groups in total. The van der Waals surface area contributed by atoms with E-state index in [0.29, 0.717) is 23.9 Å². The van der Waals surface area contributed by atoms with Crippen LogP contribution in [0, 0.1) is 0 Å². The molecule has 4 nitrogen and oxygen atoms in total. The first-order valence-corrected chi connectivity index (χ1v) is 5.83. The van der Waals surface area contributed by atoms with Crippen molar-refractivity contribution in [2.24, 2.45) is 5.73 Å². The lowest BCUT2D eigenvalue weighted by Gasteiger charge is -2.19. The maximum absolute atomic E-state index is 6.24. The molecule has 0 aliphatic heterocycles. The lowest BCUT2D eigenvalue weighted by atomic mass is 10.0. The zero-order valence-electron chi connectivity index (χ0n) is 10.6. The van der Waals surface area contributed by atoms with Gasteiger partial charge in [0.2, 0.25) is 5.75 Å². The number of ether oxygens (including phenoxy) is 3. The second kappa shape index (κ2) is 4.45. The van der Waals surface area contributed by atoms with Gasteiger partial charge in [0, 0.05) is 11.1 Å². The van der Waals surface area contributed by atoms with Crippen LogP contribution >= 0.6 is 0 Å². The molecular formula is C13H19NO3. The predicted octanol–water partition coefficient (Wildman–Crippen LogP) is 2.05. The van der Waals surface area contributed by atoms with Crippen molar-refractivity contribution < 1.29 is 14.2 Å². The molecule has 1 fully saturated rings. The van der Waals surface area contributed by atoms with Crippen LogP contribution in [0.15, 0.2) is 12.1 Å². The van der Waals surface area contributed by atoms with Gasteiger partial charge >= 0.3 is 0 Å². The summed E-state index contributed by atoms with van der Waals surface area (Å²) in [6.45, 7) is 2.52. The van der Waals surface area contributed by atoms with Gasteiger partial charge in [-0.05, 0) is 31.9 Å². The lowest BCUT2D eigenvalue weighted by Crippen LogP contribution is -2.20. The molecular weight excluding hydrogens is 218 g/mol. The fraction of sp³-hybridized carbons (Fsp3) is 0.538. The Hall–Kier alpha value is -1.42. The molecule has 0 bridgehead atoms. The van der Waals surface area contributed by atoms with E-state index in [4.69, 9.17) is 19.9 Å². The SMILES string of the molecule is CCOc1c(C2(N)CC2)ccc(OC)c1OC. The summed E-state index contributed by atoms with van der Waals surface area (Å²) in [4.78, 5) is 0. The van der Waals surface area contributed by atoms with Crippen molar-refractivity contribution in [1.29, 1.82) is 0 Å². The molecule has 0 atom stereocenters. The van der Waals surface area contributed by atoms with Gasteiger partial charge in [-0.1, -0.05) is 0 Å². The molecule has 1 aliphatic carbocycles. The molecule has 0 unspecified atom stereocenters. The molecule has 94 valence electrons. The average Bonchev–Trinajstić information content (AvgIpc) is 3.08. The molecule has 0 aromatic heterocycles. The molecule has 1 aromatic rings. The number of nitrogens with two attached hydrogens (primary N) is 1. The molecule has 1 aliphatic rings. The van der Waals surface area contributed by atoms with Gasteiger partial charge in [-0.15, -0.1) is 0 Å². The van der Waals surface area contributed by atoms with Crippen LogP contribution in [0.5, 0.6) is 17.2 Å². The van der Waals surface area contributed by atoms with E-state index in [1.807, 2.05) is 19.1 Å². The summed E-state index contributed by atoms with van der Waals surface area (Å²) < 4.78 is 16.3. The zero-order chi connectivity index (χ0) is 12.5. The van der Waals surface area contributed by atoms with Gasteiger partial charge in [0.05, 0.1) is 20.8 Å². The fourth-order valence-corrected chi connectivity index (χ4v) is 1.98. The minimum absolute atomic E-state index is 0.246. The smallest absolute Gasteiger partial charge is 0.203 e. The van der Waals surface area contributed by atoms with Gasteiger partial charge < -0.3 is 19.9 Å². The number of rotatable bonds is 5. The van der Waals surface area contributed by atoms with Crippen LogP contribution in [-0.2, 0) is 5.54 Å². The van der Waals surface area contributed by atoms with Gasteiger partial charge in [0.15, 0.2) is 11.5 Å². The Balaban J connectivity index is 2.52. The minimum Gasteiger partial charge on any atom is -0.493 e. The van der Waals surface area contributed by atoms with E-state index >= 15 is 0 Å². The van der Waals surface area contributed by atoms with Crippen LogP contribution in [0.3, 0.4) is 0 Å². The number of hydrogen-bond donors (Lipinski definition) is 1. The van der Waals surface area contributed by atoms with Crippen molar-refractivity contribution in [3.63, 3.8) is 0 Å². The summed E-state index contributed by atoms with van der Waals surface area (Å²) in [6, 6.07) is 3.85. The molecule has 4 heteroatoms. The maximum atomic E-state index is 6.24. The van der Waals surface area contributed by atoms with Crippen molar-refractivity contribution in [3.05, 3.63) is 17.7 Å². The summed E-state index contributed by atoms with van der Waals surface area (Å²) >= 11 is 0. The van der Waals surface area contributed by atoms with Crippen molar-refractivity contribution in [2.75, 3.05) is 20.8 Å². The molecule has 0 amide bonds. The van der Waals surface area contributed by atoms with Crippen LogP contribution in [0.4, 0.5) is 0 Å². The van der Waals surface area contributed by atoms with Gasteiger partial charge in [0.25, 0.3) is 0 Å². The third-order valence-electron chi connectivity index (χ3n) is 3.11. The Bertz CT molecular complexity index is 413. The average molecular weight is 237 g/mol. The van der Waals surface area contributed by atoms with E-state index in [1.54, 1.807) is 14.2 Å². The molecule has 2 rings (SSSR count). The molecule has 17 heavy (non-hydrogen) atoms. The van der Waals surface area contributed by atoms with Gasteiger partial charge in [-0.25, -0.2) is 0 Å². The van der Waals surface area contributed by atoms with E-state index in [-0.39, 0.29) is 5.54 Å². The molecule has 0 saturated heterocycles.